The number of nitrogens with zero attached hydrogens (tertiary/aromatic N) is 2. The third-order valence-electron chi connectivity index (χ3n) is 2.89. The average molecular weight is 305 g/mol. The van der Waals surface area contributed by atoms with Crippen molar-refractivity contribution in [1.29, 1.82) is 5.26 Å². The molecular weight excluding hydrogens is 290 g/mol. The van der Waals surface area contributed by atoms with E-state index in [9.17, 15) is 19.7 Å². The quantitative estimate of drug-likeness (QED) is 0.353. The van der Waals surface area contributed by atoms with Crippen LogP contribution < -0.4 is 5.32 Å². The highest BCUT2D eigenvalue weighted by atomic mass is 16.6. The summed E-state index contributed by atoms with van der Waals surface area (Å²) < 4.78 is 4.60. The zero-order valence-corrected chi connectivity index (χ0v) is 11.9. The molecule has 0 saturated carbocycles. The Morgan fingerprint density at radius 3 is 2.82 bits per heavy atom. The molecule has 0 bridgehead atoms. The van der Waals surface area contributed by atoms with E-state index in [2.05, 4.69) is 10.1 Å². The monoisotopic (exact) mass is 305 g/mol. The fourth-order valence-corrected chi connectivity index (χ4v) is 1.78. The molecule has 0 aliphatic rings. The van der Waals surface area contributed by atoms with Crippen LogP contribution in [0, 0.1) is 21.4 Å². The normalized spacial score (nSPS) is 11.1. The number of unbranched alkanes of at least 4 members (excludes halogenated alkanes) is 1. The molecule has 1 rings (SSSR count). The number of hydrogen-bond donors (Lipinski definition) is 1. The zero-order valence-electron chi connectivity index (χ0n) is 11.9. The molecule has 1 N–H and O–H groups in total. The summed E-state index contributed by atoms with van der Waals surface area (Å²) in [6, 6.07) is 6.23. The van der Waals surface area contributed by atoms with E-state index in [0.717, 1.165) is 6.07 Å². The van der Waals surface area contributed by atoms with Crippen LogP contribution in [0.3, 0.4) is 0 Å². The molecule has 22 heavy (non-hydrogen) atoms. The Labute approximate surface area is 126 Å². The molecule has 0 fully saturated rings. The van der Waals surface area contributed by atoms with E-state index in [0.29, 0.717) is 6.42 Å². The standard InChI is InChI=1S/C14H15N3O5/c1-22-14(19)12(7-2-3-8-15)16-13(18)10-5-4-6-11(9-10)17(20)21/h4-6,9,12H,2-3,7H2,1H3,(H,16,18)/t12-/m0/s1. The van der Waals surface area contributed by atoms with Crippen molar-refractivity contribution in [2.75, 3.05) is 7.11 Å². The highest BCUT2D eigenvalue weighted by Crippen LogP contribution is 2.13. The van der Waals surface area contributed by atoms with Crippen LogP contribution in [0.1, 0.15) is 29.6 Å². The highest BCUT2D eigenvalue weighted by molar-refractivity contribution is 5.97. The highest BCUT2D eigenvalue weighted by Gasteiger charge is 2.22. The molecule has 116 valence electrons. The first-order valence-electron chi connectivity index (χ1n) is 6.49. The maximum absolute atomic E-state index is 12.1. The lowest BCUT2D eigenvalue weighted by Crippen LogP contribution is -2.41. The number of nitrogens with one attached hydrogen (secondary N) is 1. The van der Waals surface area contributed by atoms with Gasteiger partial charge in [-0.1, -0.05) is 6.07 Å². The first-order chi connectivity index (χ1) is 10.5. The van der Waals surface area contributed by atoms with Crippen LogP contribution in [0.25, 0.3) is 0 Å². The second kappa shape index (κ2) is 8.36. The number of nitriles is 1. The number of rotatable bonds is 7. The summed E-state index contributed by atoms with van der Waals surface area (Å²) in [5.74, 6) is -1.24. The molecule has 0 aliphatic carbocycles. The van der Waals surface area contributed by atoms with Crippen molar-refractivity contribution >= 4 is 17.6 Å². The molecule has 0 aliphatic heterocycles. The van der Waals surface area contributed by atoms with Crippen molar-refractivity contribution in [3.63, 3.8) is 0 Å². The van der Waals surface area contributed by atoms with Gasteiger partial charge in [-0.25, -0.2) is 4.79 Å². The number of hydrogen-bond acceptors (Lipinski definition) is 6. The Morgan fingerprint density at radius 2 is 2.23 bits per heavy atom. The number of carbonyl (C=O) groups excluding carboxylic acids is 2. The van der Waals surface area contributed by atoms with E-state index in [-0.39, 0.29) is 24.1 Å². The van der Waals surface area contributed by atoms with Crippen LogP contribution >= 0.6 is 0 Å². The minimum absolute atomic E-state index is 0.0726. The van der Waals surface area contributed by atoms with E-state index in [1.165, 1.54) is 25.3 Å². The molecule has 8 heteroatoms. The second-order valence-electron chi connectivity index (χ2n) is 4.41. The topological polar surface area (TPSA) is 122 Å². The fraction of sp³-hybridized carbons (Fsp3) is 0.357. The summed E-state index contributed by atoms with van der Waals surface area (Å²) in [6.07, 6.45) is 0.923. The maximum Gasteiger partial charge on any atom is 0.328 e. The minimum atomic E-state index is -0.898. The molecule has 1 amide bonds. The van der Waals surface area contributed by atoms with E-state index in [1.54, 1.807) is 0 Å². The Balaban J connectivity index is 2.81. The van der Waals surface area contributed by atoms with Gasteiger partial charge in [-0.2, -0.15) is 5.26 Å². The first-order valence-corrected chi connectivity index (χ1v) is 6.49. The van der Waals surface area contributed by atoms with Gasteiger partial charge in [-0.3, -0.25) is 14.9 Å². The van der Waals surface area contributed by atoms with Gasteiger partial charge in [-0.05, 0) is 18.9 Å². The van der Waals surface area contributed by atoms with Crippen LogP contribution in [0.15, 0.2) is 24.3 Å². The van der Waals surface area contributed by atoms with E-state index in [4.69, 9.17) is 5.26 Å². The molecule has 1 atom stereocenters. The molecule has 0 spiro atoms. The van der Waals surface area contributed by atoms with Gasteiger partial charge in [0.25, 0.3) is 11.6 Å². The van der Waals surface area contributed by atoms with Gasteiger partial charge >= 0.3 is 5.97 Å². The SMILES string of the molecule is COC(=O)[C@H](CCCC#N)NC(=O)c1cccc([N+](=O)[O-])c1. The lowest BCUT2D eigenvalue weighted by molar-refractivity contribution is -0.384. The van der Waals surface area contributed by atoms with Gasteiger partial charge in [0.2, 0.25) is 0 Å². The lowest BCUT2D eigenvalue weighted by atomic mass is 10.1. The van der Waals surface area contributed by atoms with Gasteiger partial charge in [0, 0.05) is 24.1 Å². The molecule has 0 heterocycles. The number of carbonyl (C=O) groups is 2. The molecule has 0 unspecified atom stereocenters. The van der Waals surface area contributed by atoms with Crippen molar-refractivity contribution < 1.29 is 19.2 Å². The Bertz CT molecular complexity index is 609. The summed E-state index contributed by atoms with van der Waals surface area (Å²) in [5.41, 5.74) is -0.143. The van der Waals surface area contributed by atoms with Crippen molar-refractivity contribution in [2.45, 2.75) is 25.3 Å². The Kier molecular flexibility index (Phi) is 6.50. The van der Waals surface area contributed by atoms with Crippen molar-refractivity contribution in [3.05, 3.63) is 39.9 Å². The second-order valence-corrected chi connectivity index (χ2v) is 4.41. The zero-order chi connectivity index (χ0) is 16.5. The van der Waals surface area contributed by atoms with Gasteiger partial charge in [0.1, 0.15) is 6.04 Å². The van der Waals surface area contributed by atoms with Crippen LogP contribution in [-0.4, -0.2) is 30.0 Å². The number of nitro benzene ring substituents is 1. The van der Waals surface area contributed by atoms with Gasteiger partial charge < -0.3 is 10.1 Å². The van der Waals surface area contributed by atoms with Crippen LogP contribution in [-0.2, 0) is 9.53 Å². The average Bonchev–Trinajstić information content (AvgIpc) is 2.53. The lowest BCUT2D eigenvalue weighted by Gasteiger charge is -2.15. The summed E-state index contributed by atoms with van der Waals surface area (Å²) in [4.78, 5) is 33.8. The van der Waals surface area contributed by atoms with Crippen molar-refractivity contribution in [2.24, 2.45) is 0 Å². The summed E-state index contributed by atoms with van der Waals surface area (Å²) in [5, 5.41) is 21.7. The van der Waals surface area contributed by atoms with E-state index in [1.807, 2.05) is 6.07 Å². The smallest absolute Gasteiger partial charge is 0.328 e. The third-order valence-corrected chi connectivity index (χ3v) is 2.89. The molecule has 0 radical (unpaired) electrons. The van der Waals surface area contributed by atoms with Gasteiger partial charge in [0.15, 0.2) is 0 Å². The number of non-ortho nitro benzene ring substituents is 1. The minimum Gasteiger partial charge on any atom is -0.467 e. The van der Waals surface area contributed by atoms with Crippen molar-refractivity contribution in [3.8, 4) is 6.07 Å². The molecule has 1 aromatic carbocycles. The van der Waals surface area contributed by atoms with Gasteiger partial charge in [0.05, 0.1) is 18.1 Å². The van der Waals surface area contributed by atoms with Crippen LogP contribution in [0.2, 0.25) is 0 Å². The predicted molar refractivity (Wildman–Crippen MR) is 75.8 cm³/mol. The number of ether oxygens (including phenoxy) is 1. The van der Waals surface area contributed by atoms with Crippen molar-refractivity contribution in [1.82, 2.24) is 5.32 Å². The van der Waals surface area contributed by atoms with Crippen LogP contribution in [0.5, 0.6) is 0 Å². The number of benzene rings is 1. The molecule has 1 aromatic rings. The molecular formula is C14H15N3O5. The van der Waals surface area contributed by atoms with E-state index < -0.39 is 22.8 Å². The summed E-state index contributed by atoms with van der Waals surface area (Å²) >= 11 is 0. The fourth-order valence-electron chi connectivity index (χ4n) is 1.78. The summed E-state index contributed by atoms with van der Waals surface area (Å²) in [7, 11) is 1.19. The Hall–Kier alpha value is -2.95. The largest absolute Gasteiger partial charge is 0.467 e. The molecule has 0 saturated heterocycles. The third kappa shape index (κ3) is 4.86. The first kappa shape index (κ1) is 17.1. The number of methoxy groups -OCH3 is 1. The number of amides is 1. The Morgan fingerprint density at radius 1 is 1.50 bits per heavy atom. The number of esters is 1. The maximum atomic E-state index is 12.1. The van der Waals surface area contributed by atoms with Gasteiger partial charge in [-0.15, -0.1) is 0 Å². The number of nitro groups is 1. The van der Waals surface area contributed by atoms with Crippen LogP contribution in [0.4, 0.5) is 5.69 Å². The predicted octanol–water partition coefficient (Wildman–Crippen LogP) is 1.56. The van der Waals surface area contributed by atoms with E-state index >= 15 is 0 Å². The summed E-state index contributed by atoms with van der Waals surface area (Å²) in [6.45, 7) is 0. The molecule has 0 aromatic heterocycles. The molecule has 8 nitrogen and oxygen atoms in total.